The molecule has 10 nitrogen and oxygen atoms in total. The number of methoxy groups -OCH3 is 1. The lowest BCUT2D eigenvalue weighted by Gasteiger charge is -2.30. The zero-order chi connectivity index (χ0) is 28.5. The minimum Gasteiger partial charge on any atom is -0.595 e. The average molecular weight is 546 g/mol. The number of para-hydroxylation sites is 1. The fraction of sp³-hybridized carbons (Fsp3) is 0.481. The predicted octanol–water partition coefficient (Wildman–Crippen LogP) is 2.08. The number of nitrogens with one attached hydrogen (secondary N) is 3. The van der Waals surface area contributed by atoms with Crippen molar-refractivity contribution in [2.45, 2.75) is 64.8 Å². The van der Waals surface area contributed by atoms with Gasteiger partial charge in [0.25, 0.3) is 0 Å². The van der Waals surface area contributed by atoms with E-state index in [1.165, 1.54) is 25.8 Å². The molecule has 0 saturated carbocycles. The van der Waals surface area contributed by atoms with Crippen LogP contribution in [0.1, 0.15) is 40.2 Å². The van der Waals surface area contributed by atoms with Gasteiger partial charge in [-0.25, -0.2) is 4.79 Å². The number of benzene rings is 1. The summed E-state index contributed by atoms with van der Waals surface area (Å²) in [5, 5.41) is 18.4. The van der Waals surface area contributed by atoms with Crippen molar-refractivity contribution in [2.75, 3.05) is 18.6 Å². The van der Waals surface area contributed by atoms with Crippen molar-refractivity contribution in [2.24, 2.45) is 4.99 Å². The van der Waals surface area contributed by atoms with Crippen molar-refractivity contribution < 1.29 is 29.0 Å². The van der Waals surface area contributed by atoms with E-state index in [1.807, 2.05) is 31.2 Å². The molecule has 2 aromatic rings. The zero-order valence-electron chi connectivity index (χ0n) is 22.8. The molecular formula is C27H37N4O6S-. The number of carbonyl (C=O) groups is 3. The monoisotopic (exact) mass is 545 g/mol. The van der Waals surface area contributed by atoms with Gasteiger partial charge in [0.2, 0.25) is 11.8 Å². The van der Waals surface area contributed by atoms with E-state index < -0.39 is 47.6 Å². The number of aromatic nitrogens is 1. The smallest absolute Gasteiger partial charge is 0.328 e. The number of hydrogen-bond donors (Lipinski definition) is 3. The summed E-state index contributed by atoms with van der Waals surface area (Å²) in [6.45, 7) is 12.3. The third-order valence-corrected chi connectivity index (χ3v) is 6.48. The van der Waals surface area contributed by atoms with Gasteiger partial charge in [0.1, 0.15) is 24.2 Å². The number of ether oxygens (including phenoxy) is 2. The molecule has 0 aliphatic heterocycles. The number of fused-ring (bicyclic) bond motifs is 1. The van der Waals surface area contributed by atoms with E-state index in [9.17, 15) is 19.5 Å². The van der Waals surface area contributed by atoms with Crippen molar-refractivity contribution in [1.82, 2.24) is 15.6 Å². The number of thioether (sulfide) groups is 1. The highest BCUT2D eigenvalue weighted by Gasteiger charge is 2.28. The van der Waals surface area contributed by atoms with Crippen LogP contribution >= 0.6 is 11.8 Å². The summed E-state index contributed by atoms with van der Waals surface area (Å²) >= 11 is 1.39. The van der Waals surface area contributed by atoms with Gasteiger partial charge in [0.05, 0.1) is 7.11 Å². The molecule has 2 amide bonds. The standard InChI is InChI=1S/C27H38N4O6S/c1-16(2)14-38-15-22(31-26(35)37-27(4,5)6)24(33)29-17(3)23(32)30-21(25(34)36-7)12-18-13-28-20-11-9-8-10-19(18)20/h8-11,13,17,21-22,28H,1,12,14-15H2,2-7H3,(H,29,33)(H,30,32)(H,31,35)/p-1/t17-,21-,22-/m0/s1. The molecule has 1 heterocycles. The summed E-state index contributed by atoms with van der Waals surface area (Å²) in [7, 11) is 1.24. The second-order valence-corrected chi connectivity index (χ2v) is 11.0. The van der Waals surface area contributed by atoms with Crippen LogP contribution in [-0.2, 0) is 30.3 Å². The Morgan fingerprint density at radius 2 is 1.87 bits per heavy atom. The molecular weight excluding hydrogens is 508 g/mol. The number of H-pyrrole nitrogens is 1. The van der Waals surface area contributed by atoms with Crippen LogP contribution in [0, 0.1) is 0 Å². The fourth-order valence-corrected chi connectivity index (χ4v) is 4.38. The molecule has 3 N–H and O–H groups in total. The van der Waals surface area contributed by atoms with Crippen molar-refractivity contribution in [3.05, 3.63) is 48.2 Å². The van der Waals surface area contributed by atoms with Gasteiger partial charge in [-0.3, -0.25) is 14.6 Å². The Balaban J connectivity index is 2.11. The van der Waals surface area contributed by atoms with Crippen LogP contribution < -0.4 is 15.7 Å². The molecule has 1 aromatic heterocycles. The Kier molecular flexibility index (Phi) is 11.2. The first-order valence-corrected chi connectivity index (χ1v) is 13.4. The first kappa shape index (κ1) is 30.8. The molecule has 3 atom stereocenters. The fourth-order valence-electron chi connectivity index (χ4n) is 3.46. The normalized spacial score (nSPS) is 14.3. The maximum Gasteiger partial charge on any atom is 0.328 e. The second kappa shape index (κ2) is 13.9. The number of aromatic amines is 1. The van der Waals surface area contributed by atoms with Crippen LogP contribution in [0.5, 0.6) is 0 Å². The van der Waals surface area contributed by atoms with Gasteiger partial charge in [-0.15, -0.1) is 0 Å². The van der Waals surface area contributed by atoms with Crippen molar-refractivity contribution in [1.29, 1.82) is 0 Å². The van der Waals surface area contributed by atoms with Crippen molar-refractivity contribution in [3.63, 3.8) is 0 Å². The van der Waals surface area contributed by atoms with Crippen LogP contribution in [0.15, 0.2) is 47.6 Å². The number of carbonyl (C=O) groups excluding carboxylic acids is 3. The molecule has 0 radical (unpaired) electrons. The quantitative estimate of drug-likeness (QED) is 0.160. The van der Waals surface area contributed by atoms with E-state index in [4.69, 9.17) is 9.47 Å². The summed E-state index contributed by atoms with van der Waals surface area (Å²) in [6, 6.07) is 4.55. The number of nitrogens with zero attached hydrogens (tertiary/aromatic N) is 1. The predicted molar refractivity (Wildman–Crippen MR) is 148 cm³/mol. The minimum absolute atomic E-state index is 0.192. The first-order chi connectivity index (χ1) is 17.8. The molecule has 11 heteroatoms. The first-order valence-electron chi connectivity index (χ1n) is 12.2. The highest BCUT2D eigenvalue weighted by molar-refractivity contribution is 7.99. The van der Waals surface area contributed by atoms with Crippen molar-refractivity contribution >= 4 is 46.5 Å². The third kappa shape index (κ3) is 9.77. The highest BCUT2D eigenvalue weighted by Crippen LogP contribution is 2.19. The molecule has 0 aliphatic rings. The second-order valence-electron chi connectivity index (χ2n) is 9.98. The Morgan fingerprint density at radius 3 is 2.50 bits per heavy atom. The summed E-state index contributed by atoms with van der Waals surface area (Å²) in [4.78, 5) is 45.5. The highest BCUT2D eigenvalue weighted by atomic mass is 32.2. The van der Waals surface area contributed by atoms with Crippen LogP contribution in [-0.4, -0.2) is 71.2 Å². The maximum absolute atomic E-state index is 13.0. The maximum atomic E-state index is 13.0. The molecule has 0 unspecified atom stereocenters. The molecule has 0 saturated heterocycles. The topological polar surface area (TPSA) is 145 Å². The molecule has 0 spiro atoms. The van der Waals surface area contributed by atoms with E-state index in [1.54, 1.807) is 27.0 Å². The molecule has 2 rings (SSSR count). The van der Waals surface area contributed by atoms with Crippen LogP contribution in [0.25, 0.3) is 10.9 Å². The van der Waals surface area contributed by atoms with Crippen molar-refractivity contribution in [3.8, 4) is 0 Å². The van der Waals surface area contributed by atoms with E-state index in [-0.39, 0.29) is 12.2 Å². The molecule has 0 fully saturated rings. The van der Waals surface area contributed by atoms with Crippen LogP contribution in [0.3, 0.4) is 0 Å². The molecule has 0 bridgehead atoms. The van der Waals surface area contributed by atoms with Gasteiger partial charge < -0.3 is 30.2 Å². The Hall–Kier alpha value is -3.47. The lowest BCUT2D eigenvalue weighted by Crippen LogP contribution is -2.53. The largest absolute Gasteiger partial charge is 0.595 e. The van der Waals surface area contributed by atoms with Crippen LogP contribution in [0.4, 0.5) is 0 Å². The van der Waals surface area contributed by atoms with E-state index in [0.29, 0.717) is 5.75 Å². The number of hydrogen-bond acceptors (Lipinski definition) is 8. The molecule has 1 aromatic carbocycles. The summed E-state index contributed by atoms with van der Waals surface area (Å²) in [5.74, 6) is -1.04. The molecule has 0 aliphatic carbocycles. The number of esters is 1. The Labute approximate surface area is 227 Å². The minimum atomic E-state index is -1.08. The lowest BCUT2D eigenvalue weighted by atomic mass is 10.0. The third-order valence-electron chi connectivity index (χ3n) is 5.23. The van der Waals surface area contributed by atoms with Gasteiger partial charge in [0.15, 0.2) is 0 Å². The Bertz CT molecular complexity index is 1170. The lowest BCUT2D eigenvalue weighted by molar-refractivity contribution is -0.260. The molecule has 208 valence electrons. The van der Waals surface area contributed by atoms with Crippen LogP contribution in [0.2, 0.25) is 0 Å². The SMILES string of the molecule is C=C(C)CSC[C@H](N=C([O-])OC(C)(C)C)C(=O)N[C@@H](C)C(=O)N[C@@H](Cc1c[nH]c2ccccc12)C(=O)OC. The van der Waals surface area contributed by atoms with E-state index >= 15 is 0 Å². The van der Waals surface area contributed by atoms with Gasteiger partial charge in [0, 0.05) is 40.6 Å². The Morgan fingerprint density at radius 1 is 1.18 bits per heavy atom. The summed E-state index contributed by atoms with van der Waals surface area (Å²) < 4.78 is 10.1. The number of aliphatic imine (C=N–C) groups is 1. The van der Waals surface area contributed by atoms with Gasteiger partial charge >= 0.3 is 5.97 Å². The van der Waals surface area contributed by atoms with Gasteiger partial charge in [-0.2, -0.15) is 11.8 Å². The van der Waals surface area contributed by atoms with E-state index in [0.717, 1.165) is 22.0 Å². The number of amides is 2. The average Bonchev–Trinajstić information content (AvgIpc) is 3.23. The van der Waals surface area contributed by atoms with E-state index in [2.05, 4.69) is 27.2 Å². The zero-order valence-corrected chi connectivity index (χ0v) is 23.6. The van der Waals surface area contributed by atoms with Gasteiger partial charge in [-0.1, -0.05) is 51.1 Å². The molecule has 38 heavy (non-hydrogen) atoms. The summed E-state index contributed by atoms with van der Waals surface area (Å²) in [6.07, 6.45) is 1.11. The van der Waals surface area contributed by atoms with Gasteiger partial charge in [-0.05, 0) is 25.5 Å². The summed E-state index contributed by atoms with van der Waals surface area (Å²) in [5.41, 5.74) is 1.87. The number of rotatable bonds is 12.